The third-order valence-corrected chi connectivity index (χ3v) is 4.17. The lowest BCUT2D eigenvalue weighted by Gasteiger charge is -2.22. The number of thiophene rings is 1. The molecule has 1 aromatic heterocycles. The van der Waals surface area contributed by atoms with Gasteiger partial charge >= 0.3 is 0 Å². The van der Waals surface area contributed by atoms with E-state index in [-0.39, 0.29) is 18.4 Å². The summed E-state index contributed by atoms with van der Waals surface area (Å²) < 4.78 is 0. The lowest BCUT2D eigenvalue weighted by Crippen LogP contribution is -2.36. The average molecular weight is 295 g/mol. The molecule has 6 heteroatoms. The lowest BCUT2D eigenvalue weighted by molar-refractivity contribution is -0.128. The zero-order valence-electron chi connectivity index (χ0n) is 11.6. The van der Waals surface area contributed by atoms with Crippen LogP contribution in [0.3, 0.4) is 0 Å². The molecule has 0 radical (unpaired) electrons. The predicted octanol–water partition coefficient (Wildman–Crippen LogP) is 1.05. The zero-order valence-corrected chi connectivity index (χ0v) is 12.4. The average Bonchev–Trinajstić information content (AvgIpc) is 3.01. The molecular weight excluding hydrogens is 274 g/mol. The highest BCUT2D eigenvalue weighted by molar-refractivity contribution is 7.07. The summed E-state index contributed by atoms with van der Waals surface area (Å²) in [5.41, 5.74) is 6.50. The second-order valence-electron chi connectivity index (χ2n) is 5.15. The predicted molar refractivity (Wildman–Crippen MR) is 79.2 cm³/mol. The molecule has 0 aliphatic carbocycles. The molecule has 1 saturated heterocycles. The number of carbonyl (C=O) groups is 2. The van der Waals surface area contributed by atoms with E-state index >= 15 is 0 Å². The maximum absolute atomic E-state index is 11.5. The minimum atomic E-state index is -0.308. The second kappa shape index (κ2) is 7.40. The van der Waals surface area contributed by atoms with Crippen LogP contribution in [0.25, 0.3) is 0 Å². The van der Waals surface area contributed by atoms with Crippen molar-refractivity contribution < 1.29 is 9.59 Å². The number of likely N-dealkylation sites (tertiary alicyclic amines) is 1. The van der Waals surface area contributed by atoms with Crippen LogP contribution in [0.4, 0.5) is 0 Å². The van der Waals surface area contributed by atoms with E-state index in [0.29, 0.717) is 6.42 Å². The van der Waals surface area contributed by atoms with E-state index in [1.165, 1.54) is 5.56 Å². The summed E-state index contributed by atoms with van der Waals surface area (Å²) in [5, 5.41) is 4.11. The van der Waals surface area contributed by atoms with E-state index in [2.05, 4.69) is 11.4 Å². The van der Waals surface area contributed by atoms with E-state index in [9.17, 15) is 9.59 Å². The third kappa shape index (κ3) is 4.61. The Kier molecular flexibility index (Phi) is 5.55. The Morgan fingerprint density at radius 3 is 2.95 bits per heavy atom. The highest BCUT2D eigenvalue weighted by Crippen LogP contribution is 2.12. The number of hydrogen-bond donors (Lipinski definition) is 1. The summed E-state index contributed by atoms with van der Waals surface area (Å²) in [4.78, 5) is 26.6. The summed E-state index contributed by atoms with van der Waals surface area (Å²) >= 11 is 1.65. The van der Waals surface area contributed by atoms with Crippen LogP contribution in [-0.2, 0) is 16.1 Å². The summed E-state index contributed by atoms with van der Waals surface area (Å²) in [6.07, 6.45) is 2.53. The molecule has 1 aliphatic rings. The van der Waals surface area contributed by atoms with Gasteiger partial charge in [0.05, 0.1) is 6.54 Å². The van der Waals surface area contributed by atoms with Crippen molar-refractivity contribution in [2.24, 2.45) is 5.73 Å². The fourth-order valence-electron chi connectivity index (χ4n) is 2.50. The Hall–Kier alpha value is -1.40. The van der Waals surface area contributed by atoms with Crippen molar-refractivity contribution in [1.29, 1.82) is 0 Å². The van der Waals surface area contributed by atoms with Gasteiger partial charge in [-0.05, 0) is 35.2 Å². The molecule has 0 unspecified atom stereocenters. The van der Waals surface area contributed by atoms with Crippen molar-refractivity contribution in [2.75, 3.05) is 26.2 Å². The molecule has 0 atom stereocenters. The molecule has 110 valence electrons. The van der Waals surface area contributed by atoms with Crippen LogP contribution in [0.5, 0.6) is 0 Å². The topological polar surface area (TPSA) is 66.6 Å². The Morgan fingerprint density at radius 1 is 1.50 bits per heavy atom. The van der Waals surface area contributed by atoms with Crippen LogP contribution < -0.4 is 5.73 Å². The van der Waals surface area contributed by atoms with Gasteiger partial charge in [-0.25, -0.2) is 0 Å². The monoisotopic (exact) mass is 295 g/mol. The highest BCUT2D eigenvalue weighted by atomic mass is 32.1. The molecular formula is C14H21N3O2S. The molecule has 1 aromatic rings. The maximum atomic E-state index is 11.5. The van der Waals surface area contributed by atoms with E-state index in [1.54, 1.807) is 11.3 Å². The summed E-state index contributed by atoms with van der Waals surface area (Å²) in [5.74, 6) is -0.0539. The highest BCUT2D eigenvalue weighted by Gasteiger charge is 2.19. The molecule has 2 amide bonds. The molecule has 2 rings (SSSR count). The van der Waals surface area contributed by atoms with Gasteiger partial charge < -0.3 is 10.6 Å². The molecule has 2 heterocycles. The minimum absolute atomic E-state index is 0.254. The summed E-state index contributed by atoms with van der Waals surface area (Å²) in [7, 11) is 0. The van der Waals surface area contributed by atoms with Gasteiger partial charge in [0.2, 0.25) is 11.8 Å². The molecule has 2 N–H and O–H groups in total. The van der Waals surface area contributed by atoms with E-state index in [4.69, 9.17) is 5.73 Å². The van der Waals surface area contributed by atoms with E-state index in [1.807, 2.05) is 15.2 Å². The van der Waals surface area contributed by atoms with Crippen LogP contribution in [0.15, 0.2) is 16.8 Å². The SMILES string of the molecule is NC(=O)CN(CCCN1CCCC1=O)Cc1ccsc1. The van der Waals surface area contributed by atoms with Gasteiger partial charge in [-0.15, -0.1) is 0 Å². The first-order valence-electron chi connectivity index (χ1n) is 6.94. The Labute approximate surface area is 123 Å². The smallest absolute Gasteiger partial charge is 0.231 e. The fourth-order valence-corrected chi connectivity index (χ4v) is 3.16. The number of amides is 2. The maximum Gasteiger partial charge on any atom is 0.231 e. The molecule has 0 saturated carbocycles. The van der Waals surface area contributed by atoms with Crippen molar-refractivity contribution >= 4 is 23.2 Å². The van der Waals surface area contributed by atoms with Crippen LogP contribution in [0, 0.1) is 0 Å². The van der Waals surface area contributed by atoms with Gasteiger partial charge in [0.25, 0.3) is 0 Å². The summed E-state index contributed by atoms with van der Waals surface area (Å²) in [6.45, 7) is 3.43. The number of nitrogens with zero attached hydrogens (tertiary/aromatic N) is 2. The Bertz CT molecular complexity index is 447. The van der Waals surface area contributed by atoms with Gasteiger partial charge in [-0.2, -0.15) is 11.3 Å². The molecule has 0 spiro atoms. The first kappa shape index (κ1) is 15.0. The van der Waals surface area contributed by atoms with Crippen LogP contribution in [-0.4, -0.2) is 47.8 Å². The number of hydrogen-bond acceptors (Lipinski definition) is 4. The van der Waals surface area contributed by atoms with Crippen molar-refractivity contribution in [3.63, 3.8) is 0 Å². The Morgan fingerprint density at radius 2 is 2.35 bits per heavy atom. The standard InChI is InChI=1S/C14H21N3O2S/c15-13(18)10-16(9-12-4-8-20-11-12)5-2-7-17-6-1-3-14(17)19/h4,8,11H,1-3,5-7,9-10H2,(H2,15,18). The van der Waals surface area contributed by atoms with E-state index < -0.39 is 0 Å². The van der Waals surface area contributed by atoms with Crippen LogP contribution >= 0.6 is 11.3 Å². The minimum Gasteiger partial charge on any atom is -0.369 e. The molecule has 5 nitrogen and oxygen atoms in total. The largest absolute Gasteiger partial charge is 0.369 e. The van der Waals surface area contributed by atoms with Crippen molar-refractivity contribution in [3.8, 4) is 0 Å². The molecule has 0 bridgehead atoms. The van der Waals surface area contributed by atoms with Crippen LogP contribution in [0.2, 0.25) is 0 Å². The number of primary amides is 1. The third-order valence-electron chi connectivity index (χ3n) is 3.44. The first-order valence-corrected chi connectivity index (χ1v) is 7.89. The molecule has 0 aromatic carbocycles. The lowest BCUT2D eigenvalue weighted by atomic mass is 10.2. The molecule has 1 aliphatic heterocycles. The first-order chi connectivity index (χ1) is 9.65. The Balaban J connectivity index is 1.78. The van der Waals surface area contributed by atoms with Gasteiger partial charge in [0, 0.05) is 32.6 Å². The number of rotatable bonds is 8. The number of carbonyl (C=O) groups excluding carboxylic acids is 2. The van der Waals surface area contributed by atoms with Crippen molar-refractivity contribution in [2.45, 2.75) is 25.8 Å². The van der Waals surface area contributed by atoms with Gasteiger partial charge in [-0.1, -0.05) is 0 Å². The number of nitrogens with two attached hydrogens (primary N) is 1. The fraction of sp³-hybridized carbons (Fsp3) is 0.571. The van der Waals surface area contributed by atoms with E-state index in [0.717, 1.165) is 39.0 Å². The van der Waals surface area contributed by atoms with Crippen molar-refractivity contribution in [3.05, 3.63) is 22.4 Å². The van der Waals surface area contributed by atoms with Crippen LogP contribution in [0.1, 0.15) is 24.8 Å². The quantitative estimate of drug-likeness (QED) is 0.779. The normalized spacial score (nSPS) is 15.2. The van der Waals surface area contributed by atoms with Gasteiger partial charge in [-0.3, -0.25) is 14.5 Å². The van der Waals surface area contributed by atoms with Crippen molar-refractivity contribution in [1.82, 2.24) is 9.80 Å². The van der Waals surface area contributed by atoms with Gasteiger partial charge in [0.15, 0.2) is 0 Å². The zero-order chi connectivity index (χ0) is 14.4. The molecule has 1 fully saturated rings. The van der Waals surface area contributed by atoms with Gasteiger partial charge in [0.1, 0.15) is 0 Å². The summed E-state index contributed by atoms with van der Waals surface area (Å²) in [6, 6.07) is 2.06. The second-order valence-corrected chi connectivity index (χ2v) is 5.93. The molecule has 20 heavy (non-hydrogen) atoms.